The maximum Gasteiger partial charge on any atom is 0.241 e. The zero-order valence-electron chi connectivity index (χ0n) is 18.1. The van der Waals surface area contributed by atoms with Gasteiger partial charge in [0.1, 0.15) is 11.2 Å². The molecule has 1 aromatic carbocycles. The van der Waals surface area contributed by atoms with E-state index in [1.165, 1.54) is 0 Å². The molecule has 0 bridgehead atoms. The minimum Gasteiger partial charge on any atom is -0.494 e. The van der Waals surface area contributed by atoms with Crippen molar-refractivity contribution in [2.24, 2.45) is 0 Å². The number of benzene rings is 1. The summed E-state index contributed by atoms with van der Waals surface area (Å²) in [5, 5.41) is 3.30. The molecule has 4 rings (SSSR count). The van der Waals surface area contributed by atoms with Crippen LogP contribution in [0.4, 0.5) is 0 Å². The SMILES string of the molecule is O=C(N1CCNCC1)C1(c2ccc(OCCCN3CCCOCC3)cc2)C=COC=C1. The van der Waals surface area contributed by atoms with Gasteiger partial charge in [-0.15, -0.1) is 0 Å². The van der Waals surface area contributed by atoms with Gasteiger partial charge in [-0.25, -0.2) is 0 Å². The second-order valence-electron chi connectivity index (χ2n) is 8.19. The molecule has 1 N–H and O–H groups in total. The number of ether oxygens (including phenoxy) is 3. The Kier molecular flexibility index (Phi) is 7.61. The van der Waals surface area contributed by atoms with Gasteiger partial charge in [0.2, 0.25) is 5.91 Å². The van der Waals surface area contributed by atoms with Crippen LogP contribution in [-0.2, 0) is 19.7 Å². The minimum absolute atomic E-state index is 0.0832. The lowest BCUT2D eigenvalue weighted by molar-refractivity contribution is -0.134. The van der Waals surface area contributed by atoms with Crippen LogP contribution < -0.4 is 10.1 Å². The van der Waals surface area contributed by atoms with Crippen molar-refractivity contribution in [2.75, 3.05) is 65.6 Å². The van der Waals surface area contributed by atoms with Crippen LogP contribution in [0.2, 0.25) is 0 Å². The smallest absolute Gasteiger partial charge is 0.241 e. The Morgan fingerprint density at radius 3 is 2.58 bits per heavy atom. The molecule has 2 saturated heterocycles. The molecule has 0 aliphatic carbocycles. The molecule has 0 radical (unpaired) electrons. The van der Waals surface area contributed by atoms with E-state index in [-0.39, 0.29) is 5.91 Å². The topological polar surface area (TPSA) is 63.3 Å². The first-order valence-corrected chi connectivity index (χ1v) is 11.3. The Balaban J connectivity index is 1.36. The molecule has 3 heterocycles. The van der Waals surface area contributed by atoms with E-state index in [0.717, 1.165) is 70.1 Å². The molecular formula is C24H33N3O4. The van der Waals surface area contributed by atoms with Crippen molar-refractivity contribution in [1.82, 2.24) is 15.1 Å². The highest BCUT2D eigenvalue weighted by Gasteiger charge is 2.40. The largest absolute Gasteiger partial charge is 0.494 e. The Morgan fingerprint density at radius 2 is 1.81 bits per heavy atom. The number of amides is 1. The van der Waals surface area contributed by atoms with Gasteiger partial charge in [-0.3, -0.25) is 4.79 Å². The number of carbonyl (C=O) groups is 1. The zero-order chi connectivity index (χ0) is 21.4. The molecule has 7 heteroatoms. The first kappa shape index (κ1) is 21.9. The Bertz CT molecular complexity index is 752. The molecule has 3 aliphatic rings. The molecule has 1 aromatic rings. The van der Waals surface area contributed by atoms with Gasteiger partial charge in [0.15, 0.2) is 0 Å². The summed E-state index contributed by atoms with van der Waals surface area (Å²) >= 11 is 0. The summed E-state index contributed by atoms with van der Waals surface area (Å²) in [5.41, 5.74) is 0.0897. The highest BCUT2D eigenvalue weighted by Crippen LogP contribution is 2.33. The Hall–Kier alpha value is -2.35. The highest BCUT2D eigenvalue weighted by atomic mass is 16.5. The summed E-state index contributed by atoms with van der Waals surface area (Å²) in [6, 6.07) is 7.89. The number of piperazine rings is 1. The number of nitrogens with one attached hydrogen (secondary N) is 1. The van der Waals surface area contributed by atoms with E-state index in [9.17, 15) is 4.79 Å². The van der Waals surface area contributed by atoms with Crippen LogP contribution in [0.5, 0.6) is 5.75 Å². The average molecular weight is 428 g/mol. The molecule has 31 heavy (non-hydrogen) atoms. The first-order chi connectivity index (χ1) is 15.3. The van der Waals surface area contributed by atoms with Crippen LogP contribution in [0.25, 0.3) is 0 Å². The number of hydrogen-bond acceptors (Lipinski definition) is 6. The third-order valence-electron chi connectivity index (χ3n) is 6.11. The van der Waals surface area contributed by atoms with Gasteiger partial charge in [0.25, 0.3) is 0 Å². The second-order valence-corrected chi connectivity index (χ2v) is 8.19. The summed E-state index contributed by atoms with van der Waals surface area (Å²) in [5.74, 6) is 0.910. The van der Waals surface area contributed by atoms with Crippen molar-refractivity contribution < 1.29 is 19.0 Å². The zero-order valence-corrected chi connectivity index (χ0v) is 18.1. The van der Waals surface area contributed by atoms with Crippen molar-refractivity contribution in [3.05, 3.63) is 54.5 Å². The van der Waals surface area contributed by atoms with Crippen LogP contribution in [-0.4, -0.2) is 81.3 Å². The van der Waals surface area contributed by atoms with E-state index in [1.54, 1.807) is 12.5 Å². The fourth-order valence-electron chi connectivity index (χ4n) is 4.31. The summed E-state index contributed by atoms with van der Waals surface area (Å²) in [4.78, 5) is 17.8. The van der Waals surface area contributed by atoms with Crippen molar-refractivity contribution in [2.45, 2.75) is 18.3 Å². The lowest BCUT2D eigenvalue weighted by Gasteiger charge is -2.36. The van der Waals surface area contributed by atoms with Crippen LogP contribution >= 0.6 is 0 Å². The Labute approximate surface area is 184 Å². The molecule has 0 aromatic heterocycles. The fourth-order valence-corrected chi connectivity index (χ4v) is 4.31. The third-order valence-corrected chi connectivity index (χ3v) is 6.11. The van der Waals surface area contributed by atoms with Gasteiger partial charge in [-0.05, 0) is 42.7 Å². The normalized spacial score (nSPS) is 21.4. The third kappa shape index (κ3) is 5.47. The van der Waals surface area contributed by atoms with E-state index in [0.29, 0.717) is 19.7 Å². The van der Waals surface area contributed by atoms with Crippen molar-refractivity contribution in [3.63, 3.8) is 0 Å². The van der Waals surface area contributed by atoms with Gasteiger partial charge in [-0.1, -0.05) is 12.1 Å². The van der Waals surface area contributed by atoms with E-state index >= 15 is 0 Å². The monoisotopic (exact) mass is 427 g/mol. The summed E-state index contributed by atoms with van der Waals surface area (Å²) in [6.45, 7) is 8.58. The predicted octanol–water partition coefficient (Wildman–Crippen LogP) is 1.91. The molecule has 0 spiro atoms. The van der Waals surface area contributed by atoms with Gasteiger partial charge in [0.05, 0.1) is 25.7 Å². The Morgan fingerprint density at radius 1 is 1.03 bits per heavy atom. The summed E-state index contributed by atoms with van der Waals surface area (Å²) in [6.07, 6.45) is 8.97. The van der Waals surface area contributed by atoms with E-state index in [1.807, 2.05) is 41.3 Å². The molecule has 7 nitrogen and oxygen atoms in total. The quantitative estimate of drug-likeness (QED) is 0.671. The van der Waals surface area contributed by atoms with Crippen molar-refractivity contribution in [1.29, 1.82) is 0 Å². The molecule has 168 valence electrons. The van der Waals surface area contributed by atoms with Gasteiger partial charge in [-0.2, -0.15) is 0 Å². The van der Waals surface area contributed by atoms with E-state index < -0.39 is 5.41 Å². The average Bonchev–Trinajstić information content (AvgIpc) is 3.12. The predicted molar refractivity (Wildman–Crippen MR) is 119 cm³/mol. The molecule has 0 unspecified atom stereocenters. The number of nitrogens with zero attached hydrogens (tertiary/aromatic N) is 2. The summed E-state index contributed by atoms with van der Waals surface area (Å²) in [7, 11) is 0. The lowest BCUT2D eigenvalue weighted by Crippen LogP contribution is -2.52. The fraction of sp³-hybridized carbons (Fsp3) is 0.542. The summed E-state index contributed by atoms with van der Waals surface area (Å²) < 4.78 is 16.7. The molecule has 3 aliphatic heterocycles. The molecule has 0 saturated carbocycles. The minimum atomic E-state index is -0.830. The van der Waals surface area contributed by atoms with Gasteiger partial charge in [0, 0.05) is 52.4 Å². The maximum absolute atomic E-state index is 13.4. The molecule has 2 fully saturated rings. The van der Waals surface area contributed by atoms with Crippen LogP contribution in [0.3, 0.4) is 0 Å². The molecular weight excluding hydrogens is 394 g/mol. The van der Waals surface area contributed by atoms with Crippen LogP contribution in [0, 0.1) is 0 Å². The van der Waals surface area contributed by atoms with E-state index in [4.69, 9.17) is 14.2 Å². The maximum atomic E-state index is 13.4. The van der Waals surface area contributed by atoms with Gasteiger partial charge < -0.3 is 29.3 Å². The number of hydrogen-bond donors (Lipinski definition) is 1. The molecule has 0 atom stereocenters. The van der Waals surface area contributed by atoms with Crippen LogP contribution in [0.1, 0.15) is 18.4 Å². The number of carbonyl (C=O) groups excluding carboxylic acids is 1. The lowest BCUT2D eigenvalue weighted by atomic mass is 9.78. The van der Waals surface area contributed by atoms with Crippen LogP contribution in [0.15, 0.2) is 48.9 Å². The van der Waals surface area contributed by atoms with Crippen molar-refractivity contribution in [3.8, 4) is 5.75 Å². The van der Waals surface area contributed by atoms with Crippen molar-refractivity contribution >= 4 is 5.91 Å². The number of rotatable bonds is 7. The second kappa shape index (κ2) is 10.8. The molecule has 1 amide bonds. The van der Waals surface area contributed by atoms with Gasteiger partial charge >= 0.3 is 0 Å². The standard InChI is InChI=1S/C24H33N3O4/c28-23(27-13-9-25-10-14-27)24(7-18-30-19-8-24)21-3-5-22(6-4-21)31-17-2-12-26-11-1-16-29-20-15-26/h3-8,18-19,25H,1-2,9-17,20H2. The first-order valence-electron chi connectivity index (χ1n) is 11.3. The van der Waals surface area contributed by atoms with E-state index in [2.05, 4.69) is 10.2 Å². The highest BCUT2D eigenvalue weighted by molar-refractivity contribution is 5.93.